The molecule has 2 rings (SSSR count). The summed E-state index contributed by atoms with van der Waals surface area (Å²) in [6.45, 7) is 3.00. The molecule has 1 aliphatic rings. The standard InChI is InChI=1S/C15H18F2N2O5S/c1-15(2)11(12(15)14(21)22)13(20)18-5-6-19-25(23,24)10-4-3-8(16)7-9(10)17/h3-4,7,11-12,19H,5-6H2,1-2H3,(H,18,20)(H,21,22)/t11-,12+/m1/s1. The van der Waals surface area contributed by atoms with Crippen LogP contribution in [0.15, 0.2) is 23.1 Å². The van der Waals surface area contributed by atoms with Gasteiger partial charge in [-0.15, -0.1) is 0 Å². The second kappa shape index (κ2) is 6.68. The van der Waals surface area contributed by atoms with Crippen LogP contribution in [0.1, 0.15) is 13.8 Å². The van der Waals surface area contributed by atoms with Gasteiger partial charge in [-0.1, -0.05) is 13.8 Å². The zero-order chi connectivity index (χ0) is 19.0. The van der Waals surface area contributed by atoms with E-state index in [2.05, 4.69) is 10.0 Å². The maximum absolute atomic E-state index is 13.5. The van der Waals surface area contributed by atoms with E-state index >= 15 is 0 Å². The molecule has 0 aliphatic heterocycles. The second-order valence-corrected chi connectivity index (χ2v) is 8.11. The third kappa shape index (κ3) is 3.96. The van der Waals surface area contributed by atoms with Crippen LogP contribution >= 0.6 is 0 Å². The fourth-order valence-corrected chi connectivity index (χ4v) is 3.93. The van der Waals surface area contributed by atoms with Crippen molar-refractivity contribution >= 4 is 21.9 Å². The first-order valence-electron chi connectivity index (χ1n) is 7.43. The van der Waals surface area contributed by atoms with Gasteiger partial charge in [-0.2, -0.15) is 0 Å². The average molecular weight is 376 g/mol. The van der Waals surface area contributed by atoms with Gasteiger partial charge < -0.3 is 10.4 Å². The molecule has 1 aromatic rings. The maximum Gasteiger partial charge on any atom is 0.307 e. The van der Waals surface area contributed by atoms with E-state index in [1.165, 1.54) is 0 Å². The third-order valence-corrected chi connectivity index (χ3v) is 5.77. The van der Waals surface area contributed by atoms with Crippen LogP contribution in [-0.2, 0) is 19.6 Å². The number of carboxylic acid groups (broad SMARTS) is 1. The van der Waals surface area contributed by atoms with Crippen LogP contribution in [-0.4, -0.2) is 38.5 Å². The second-order valence-electron chi connectivity index (χ2n) is 6.38. The molecule has 1 amide bonds. The van der Waals surface area contributed by atoms with Crippen molar-refractivity contribution in [3.63, 3.8) is 0 Å². The van der Waals surface area contributed by atoms with Crippen LogP contribution in [0.2, 0.25) is 0 Å². The predicted molar refractivity (Wildman–Crippen MR) is 83.0 cm³/mol. The van der Waals surface area contributed by atoms with E-state index in [1.807, 2.05) is 0 Å². The molecule has 0 radical (unpaired) electrons. The maximum atomic E-state index is 13.5. The molecule has 1 aromatic carbocycles. The number of halogens is 2. The van der Waals surface area contributed by atoms with Gasteiger partial charge in [0, 0.05) is 19.2 Å². The minimum absolute atomic E-state index is 0.0974. The molecule has 10 heteroatoms. The van der Waals surface area contributed by atoms with E-state index in [-0.39, 0.29) is 13.1 Å². The Balaban J connectivity index is 1.87. The molecule has 0 aromatic heterocycles. The molecule has 0 unspecified atom stereocenters. The summed E-state index contributed by atoms with van der Waals surface area (Å²) in [5, 5.41) is 11.5. The molecular formula is C15H18F2N2O5S. The normalized spacial score (nSPS) is 21.6. The molecule has 25 heavy (non-hydrogen) atoms. The number of sulfonamides is 1. The molecule has 0 bridgehead atoms. The van der Waals surface area contributed by atoms with Crippen molar-refractivity contribution in [2.45, 2.75) is 18.7 Å². The Labute approximate surface area is 143 Å². The van der Waals surface area contributed by atoms with Gasteiger partial charge in [0.05, 0.1) is 11.8 Å². The topological polar surface area (TPSA) is 113 Å². The minimum Gasteiger partial charge on any atom is -0.481 e. The highest BCUT2D eigenvalue weighted by Crippen LogP contribution is 2.58. The van der Waals surface area contributed by atoms with Crippen LogP contribution in [0.4, 0.5) is 8.78 Å². The molecule has 138 valence electrons. The number of amides is 1. The Morgan fingerprint density at radius 2 is 1.84 bits per heavy atom. The number of rotatable bonds is 7. The van der Waals surface area contributed by atoms with Crippen molar-refractivity contribution in [2.75, 3.05) is 13.1 Å². The molecule has 0 saturated heterocycles. The molecule has 0 heterocycles. The highest BCUT2D eigenvalue weighted by Gasteiger charge is 2.65. The molecule has 1 saturated carbocycles. The smallest absolute Gasteiger partial charge is 0.307 e. The van der Waals surface area contributed by atoms with Crippen LogP contribution in [0, 0.1) is 28.9 Å². The first kappa shape index (κ1) is 19.3. The van der Waals surface area contributed by atoms with E-state index < -0.39 is 55.7 Å². The predicted octanol–water partition coefficient (Wildman–Crippen LogP) is 0.716. The fourth-order valence-electron chi connectivity index (χ4n) is 2.84. The number of hydrogen-bond donors (Lipinski definition) is 3. The molecule has 7 nitrogen and oxygen atoms in total. The molecule has 1 aliphatic carbocycles. The number of carbonyl (C=O) groups is 2. The van der Waals surface area contributed by atoms with Crippen molar-refractivity contribution in [1.82, 2.24) is 10.0 Å². The number of hydrogen-bond acceptors (Lipinski definition) is 4. The van der Waals surface area contributed by atoms with E-state index in [0.29, 0.717) is 6.07 Å². The SMILES string of the molecule is CC1(C)[C@H](C(=O)O)[C@@H]1C(=O)NCCNS(=O)(=O)c1ccc(F)cc1F. The van der Waals surface area contributed by atoms with E-state index in [4.69, 9.17) is 5.11 Å². The summed E-state index contributed by atoms with van der Waals surface area (Å²) >= 11 is 0. The molecule has 3 N–H and O–H groups in total. The summed E-state index contributed by atoms with van der Waals surface area (Å²) < 4.78 is 52.3. The van der Waals surface area contributed by atoms with Crippen molar-refractivity contribution in [1.29, 1.82) is 0 Å². The highest BCUT2D eigenvalue weighted by molar-refractivity contribution is 7.89. The van der Waals surface area contributed by atoms with Crippen LogP contribution < -0.4 is 10.0 Å². The number of carbonyl (C=O) groups excluding carboxylic acids is 1. The Kier molecular flexibility index (Phi) is 5.14. The summed E-state index contributed by atoms with van der Waals surface area (Å²) in [6.07, 6.45) is 0. The van der Waals surface area contributed by atoms with Gasteiger partial charge >= 0.3 is 5.97 Å². The van der Waals surface area contributed by atoms with Crippen LogP contribution in [0.5, 0.6) is 0 Å². The van der Waals surface area contributed by atoms with Crippen molar-refractivity contribution in [2.24, 2.45) is 17.3 Å². The summed E-state index contributed by atoms with van der Waals surface area (Å²) in [6, 6.07) is 2.08. The van der Waals surface area contributed by atoms with E-state index in [0.717, 1.165) is 12.1 Å². The van der Waals surface area contributed by atoms with Gasteiger partial charge in [0.2, 0.25) is 15.9 Å². The Bertz CT molecular complexity index is 810. The van der Waals surface area contributed by atoms with Gasteiger partial charge in [0.15, 0.2) is 0 Å². The van der Waals surface area contributed by atoms with Gasteiger partial charge in [-0.05, 0) is 17.5 Å². The molecular weight excluding hydrogens is 358 g/mol. The van der Waals surface area contributed by atoms with Crippen molar-refractivity contribution in [3.8, 4) is 0 Å². The van der Waals surface area contributed by atoms with E-state index in [1.54, 1.807) is 13.8 Å². The quantitative estimate of drug-likeness (QED) is 0.607. The van der Waals surface area contributed by atoms with Crippen molar-refractivity contribution in [3.05, 3.63) is 29.8 Å². The fraction of sp³-hybridized carbons (Fsp3) is 0.467. The summed E-state index contributed by atoms with van der Waals surface area (Å²) in [5.41, 5.74) is -0.660. The average Bonchev–Trinajstić information content (AvgIpc) is 3.06. The largest absolute Gasteiger partial charge is 0.481 e. The number of nitrogens with one attached hydrogen (secondary N) is 2. The van der Waals surface area contributed by atoms with Crippen LogP contribution in [0.3, 0.4) is 0 Å². The van der Waals surface area contributed by atoms with Gasteiger partial charge in [-0.25, -0.2) is 21.9 Å². The summed E-state index contributed by atoms with van der Waals surface area (Å²) in [4.78, 5) is 22.3. The van der Waals surface area contributed by atoms with Crippen LogP contribution in [0.25, 0.3) is 0 Å². The first-order valence-corrected chi connectivity index (χ1v) is 8.92. The van der Waals surface area contributed by atoms with Crippen molar-refractivity contribution < 1.29 is 31.9 Å². The van der Waals surface area contributed by atoms with Gasteiger partial charge in [-0.3, -0.25) is 9.59 Å². The minimum atomic E-state index is -4.19. The zero-order valence-corrected chi connectivity index (χ0v) is 14.4. The lowest BCUT2D eigenvalue weighted by atomic mass is 10.1. The van der Waals surface area contributed by atoms with E-state index in [9.17, 15) is 26.8 Å². The lowest BCUT2D eigenvalue weighted by molar-refractivity contribution is -0.140. The van der Waals surface area contributed by atoms with Gasteiger partial charge in [0.1, 0.15) is 16.5 Å². The monoisotopic (exact) mass is 376 g/mol. The Morgan fingerprint density at radius 3 is 2.36 bits per heavy atom. The summed E-state index contributed by atoms with van der Waals surface area (Å²) in [5.74, 6) is -5.12. The number of aliphatic carboxylic acids is 1. The van der Waals surface area contributed by atoms with Gasteiger partial charge in [0.25, 0.3) is 0 Å². The number of benzene rings is 1. The Hall–Kier alpha value is -2.07. The Morgan fingerprint density at radius 1 is 1.20 bits per heavy atom. The molecule has 2 atom stereocenters. The molecule has 0 spiro atoms. The molecule has 1 fully saturated rings. The third-order valence-electron chi connectivity index (χ3n) is 4.28. The zero-order valence-electron chi connectivity index (χ0n) is 13.5. The first-order chi connectivity index (χ1) is 11.5. The lowest BCUT2D eigenvalue weighted by Gasteiger charge is -2.09. The summed E-state index contributed by atoms with van der Waals surface area (Å²) in [7, 11) is -4.19. The number of carboxylic acids is 1. The lowest BCUT2D eigenvalue weighted by Crippen LogP contribution is -2.36. The highest BCUT2D eigenvalue weighted by atomic mass is 32.2.